The van der Waals surface area contributed by atoms with Crippen molar-refractivity contribution in [1.29, 1.82) is 0 Å². The van der Waals surface area contributed by atoms with Crippen molar-refractivity contribution in [3.05, 3.63) is 89.6 Å². The quantitative estimate of drug-likeness (QED) is 0.476. The number of amides is 1. The fourth-order valence-electron chi connectivity index (χ4n) is 3.18. The molecule has 0 unspecified atom stereocenters. The van der Waals surface area contributed by atoms with E-state index >= 15 is 0 Å². The molecule has 4 aromatic rings. The van der Waals surface area contributed by atoms with E-state index in [0.29, 0.717) is 21.8 Å². The number of benzene rings is 3. The monoisotopic (exact) mass is 436 g/mol. The van der Waals surface area contributed by atoms with Crippen LogP contribution in [0.1, 0.15) is 10.4 Å². The Morgan fingerprint density at radius 3 is 2.43 bits per heavy atom. The SMILES string of the molecule is CS(=O)(=O)c1ccc(C(=O)Nc2ccc(Cl)c(-c3nccc4ccccc34)c2)cc1. The molecule has 0 aliphatic rings. The van der Waals surface area contributed by atoms with Gasteiger partial charge in [-0.1, -0.05) is 35.9 Å². The van der Waals surface area contributed by atoms with E-state index in [0.717, 1.165) is 22.7 Å². The first-order chi connectivity index (χ1) is 14.3. The highest BCUT2D eigenvalue weighted by Gasteiger charge is 2.13. The molecule has 0 bridgehead atoms. The van der Waals surface area contributed by atoms with Crippen LogP contribution in [0.3, 0.4) is 0 Å². The van der Waals surface area contributed by atoms with Crippen molar-refractivity contribution in [2.75, 3.05) is 11.6 Å². The molecule has 7 heteroatoms. The molecular weight excluding hydrogens is 420 g/mol. The molecule has 1 amide bonds. The van der Waals surface area contributed by atoms with E-state index < -0.39 is 9.84 Å². The molecule has 0 aliphatic heterocycles. The number of carbonyl (C=O) groups excluding carboxylic acids is 1. The molecule has 30 heavy (non-hydrogen) atoms. The van der Waals surface area contributed by atoms with Crippen LogP contribution in [0.25, 0.3) is 22.0 Å². The zero-order valence-corrected chi connectivity index (χ0v) is 17.5. The minimum Gasteiger partial charge on any atom is -0.322 e. The number of rotatable bonds is 4. The van der Waals surface area contributed by atoms with Gasteiger partial charge in [-0.2, -0.15) is 0 Å². The second kappa shape index (κ2) is 7.89. The number of hydrogen-bond acceptors (Lipinski definition) is 4. The number of sulfone groups is 1. The smallest absolute Gasteiger partial charge is 0.255 e. The van der Waals surface area contributed by atoms with Gasteiger partial charge in [0.05, 0.1) is 15.6 Å². The number of hydrogen-bond donors (Lipinski definition) is 1. The van der Waals surface area contributed by atoms with Crippen LogP contribution in [0.5, 0.6) is 0 Å². The second-order valence-corrected chi connectivity index (χ2v) is 9.25. The molecule has 0 saturated heterocycles. The topological polar surface area (TPSA) is 76.1 Å². The minimum absolute atomic E-state index is 0.162. The molecule has 0 spiro atoms. The highest BCUT2D eigenvalue weighted by Crippen LogP contribution is 2.33. The molecule has 0 atom stereocenters. The van der Waals surface area contributed by atoms with Crippen LogP contribution in [-0.2, 0) is 9.84 Å². The predicted molar refractivity (Wildman–Crippen MR) is 120 cm³/mol. The van der Waals surface area contributed by atoms with Gasteiger partial charge in [0.1, 0.15) is 0 Å². The molecule has 1 N–H and O–H groups in total. The summed E-state index contributed by atoms with van der Waals surface area (Å²) in [7, 11) is -3.32. The lowest BCUT2D eigenvalue weighted by atomic mass is 10.0. The number of nitrogens with zero attached hydrogens (tertiary/aromatic N) is 1. The maximum absolute atomic E-state index is 12.6. The Hall–Kier alpha value is -3.22. The summed E-state index contributed by atoms with van der Waals surface area (Å²) >= 11 is 6.44. The van der Waals surface area contributed by atoms with Crippen LogP contribution in [0.4, 0.5) is 5.69 Å². The number of anilines is 1. The van der Waals surface area contributed by atoms with Gasteiger partial charge in [0, 0.05) is 34.7 Å². The third kappa shape index (κ3) is 4.06. The van der Waals surface area contributed by atoms with E-state index in [1.54, 1.807) is 24.4 Å². The van der Waals surface area contributed by atoms with Gasteiger partial charge >= 0.3 is 0 Å². The molecule has 150 valence electrons. The highest BCUT2D eigenvalue weighted by atomic mass is 35.5. The number of halogens is 1. The van der Waals surface area contributed by atoms with E-state index in [1.807, 2.05) is 30.3 Å². The van der Waals surface area contributed by atoms with Gasteiger partial charge in [-0.15, -0.1) is 0 Å². The third-order valence-corrected chi connectivity index (χ3v) is 6.16. The Labute approximate surface area is 179 Å². The summed E-state index contributed by atoms with van der Waals surface area (Å²) in [5.41, 5.74) is 2.34. The summed E-state index contributed by atoms with van der Waals surface area (Å²) in [6.45, 7) is 0. The van der Waals surface area contributed by atoms with Gasteiger partial charge in [0.25, 0.3) is 5.91 Å². The molecule has 1 heterocycles. The van der Waals surface area contributed by atoms with Crippen molar-refractivity contribution in [3.63, 3.8) is 0 Å². The van der Waals surface area contributed by atoms with E-state index in [-0.39, 0.29) is 10.8 Å². The first-order valence-electron chi connectivity index (χ1n) is 9.08. The normalized spacial score (nSPS) is 11.4. The molecular formula is C23H17ClN2O3S. The van der Waals surface area contributed by atoms with Gasteiger partial charge in [0.2, 0.25) is 0 Å². The maximum Gasteiger partial charge on any atom is 0.255 e. The van der Waals surface area contributed by atoms with Crippen molar-refractivity contribution in [1.82, 2.24) is 4.98 Å². The summed E-state index contributed by atoms with van der Waals surface area (Å²) in [5, 5.41) is 5.35. The summed E-state index contributed by atoms with van der Waals surface area (Å²) in [5.74, 6) is -0.353. The lowest BCUT2D eigenvalue weighted by Gasteiger charge is -2.11. The van der Waals surface area contributed by atoms with E-state index in [4.69, 9.17) is 11.6 Å². The summed E-state index contributed by atoms with van der Waals surface area (Å²) in [6.07, 6.45) is 2.85. The molecule has 4 rings (SSSR count). The van der Waals surface area contributed by atoms with Gasteiger partial charge in [-0.3, -0.25) is 9.78 Å². The zero-order chi connectivity index (χ0) is 21.3. The van der Waals surface area contributed by atoms with Crippen LogP contribution < -0.4 is 5.32 Å². The zero-order valence-electron chi connectivity index (χ0n) is 16.0. The average Bonchev–Trinajstić information content (AvgIpc) is 2.74. The van der Waals surface area contributed by atoms with Gasteiger partial charge in [-0.25, -0.2) is 8.42 Å². The van der Waals surface area contributed by atoms with Crippen LogP contribution in [-0.4, -0.2) is 25.6 Å². The Kier molecular flexibility index (Phi) is 5.28. The standard InChI is InChI=1S/C23H17ClN2O3S/c1-30(28,29)18-9-6-16(7-10-18)23(27)26-17-8-11-21(24)20(14-17)22-19-5-3-2-4-15(19)12-13-25-22/h2-14H,1H3,(H,26,27). The molecule has 3 aromatic carbocycles. The molecule has 0 aliphatic carbocycles. The second-order valence-electron chi connectivity index (χ2n) is 6.83. The van der Waals surface area contributed by atoms with E-state index in [9.17, 15) is 13.2 Å². The summed E-state index contributed by atoms with van der Waals surface area (Å²) in [4.78, 5) is 17.3. The van der Waals surface area contributed by atoms with Crippen molar-refractivity contribution in [2.24, 2.45) is 0 Å². The number of pyridine rings is 1. The molecule has 0 saturated carbocycles. The molecule has 0 fully saturated rings. The lowest BCUT2D eigenvalue weighted by Crippen LogP contribution is -2.12. The lowest BCUT2D eigenvalue weighted by molar-refractivity contribution is 0.102. The fraction of sp³-hybridized carbons (Fsp3) is 0.0435. The maximum atomic E-state index is 12.6. The average molecular weight is 437 g/mol. The largest absolute Gasteiger partial charge is 0.322 e. The highest BCUT2D eigenvalue weighted by molar-refractivity contribution is 7.90. The van der Waals surface area contributed by atoms with Crippen molar-refractivity contribution in [3.8, 4) is 11.3 Å². The number of nitrogens with one attached hydrogen (secondary N) is 1. The van der Waals surface area contributed by atoms with Crippen molar-refractivity contribution < 1.29 is 13.2 Å². The van der Waals surface area contributed by atoms with Gasteiger partial charge < -0.3 is 5.32 Å². The Balaban J connectivity index is 1.66. The first kappa shape index (κ1) is 20.1. The number of carbonyl (C=O) groups is 1. The fourth-order valence-corrected chi connectivity index (χ4v) is 4.01. The Morgan fingerprint density at radius 2 is 1.70 bits per heavy atom. The van der Waals surface area contributed by atoms with Crippen molar-refractivity contribution >= 4 is 43.8 Å². The Bertz CT molecular complexity index is 1360. The van der Waals surface area contributed by atoms with Crippen LogP contribution in [0, 0.1) is 0 Å². The molecule has 5 nitrogen and oxygen atoms in total. The number of aromatic nitrogens is 1. The molecule has 0 radical (unpaired) electrons. The van der Waals surface area contributed by atoms with Crippen molar-refractivity contribution in [2.45, 2.75) is 4.90 Å². The van der Waals surface area contributed by atoms with Crippen LogP contribution >= 0.6 is 11.6 Å². The van der Waals surface area contributed by atoms with E-state index in [1.165, 1.54) is 24.3 Å². The van der Waals surface area contributed by atoms with Crippen LogP contribution in [0.15, 0.2) is 83.9 Å². The summed E-state index contributed by atoms with van der Waals surface area (Å²) in [6, 6.07) is 20.8. The Morgan fingerprint density at radius 1 is 0.967 bits per heavy atom. The predicted octanol–water partition coefficient (Wildman–Crippen LogP) is 5.21. The molecule has 1 aromatic heterocycles. The summed E-state index contributed by atoms with van der Waals surface area (Å²) < 4.78 is 23.2. The van der Waals surface area contributed by atoms with E-state index in [2.05, 4.69) is 10.3 Å². The van der Waals surface area contributed by atoms with Gasteiger partial charge in [0.15, 0.2) is 9.84 Å². The minimum atomic E-state index is -3.32. The van der Waals surface area contributed by atoms with Gasteiger partial charge in [-0.05, 0) is 53.9 Å². The number of fused-ring (bicyclic) bond motifs is 1. The third-order valence-electron chi connectivity index (χ3n) is 4.70. The first-order valence-corrected chi connectivity index (χ1v) is 11.3. The van der Waals surface area contributed by atoms with Crippen LogP contribution in [0.2, 0.25) is 5.02 Å².